The van der Waals surface area contributed by atoms with Gasteiger partial charge in [-0.25, -0.2) is 0 Å². The molecule has 0 aliphatic carbocycles. The molecule has 1 aromatic carbocycles. The van der Waals surface area contributed by atoms with Gasteiger partial charge >= 0.3 is 5.97 Å². The fourth-order valence-corrected chi connectivity index (χ4v) is 3.05. The number of carboxylic acid groups (broad SMARTS) is 1. The summed E-state index contributed by atoms with van der Waals surface area (Å²) in [6.07, 6.45) is 0.865. The molecule has 1 N–H and O–H groups in total. The van der Waals surface area contributed by atoms with E-state index in [1.165, 1.54) is 11.5 Å². The van der Waals surface area contributed by atoms with Crippen molar-refractivity contribution in [2.45, 2.75) is 26.3 Å². The lowest BCUT2D eigenvalue weighted by atomic mass is 10.0. The average molecular weight is 265 g/mol. The average Bonchev–Trinajstić information content (AvgIpc) is 2.66. The van der Waals surface area contributed by atoms with Crippen LogP contribution in [0.15, 0.2) is 29.1 Å². The lowest BCUT2D eigenvalue weighted by Crippen LogP contribution is -2.20. The fourth-order valence-electron chi connectivity index (χ4n) is 1.96. The largest absolute Gasteiger partial charge is 0.481 e. The number of hydrogen-bond acceptors (Lipinski definition) is 3. The van der Waals surface area contributed by atoms with Crippen molar-refractivity contribution >= 4 is 27.6 Å². The van der Waals surface area contributed by atoms with Gasteiger partial charge in [-0.15, -0.1) is 0 Å². The van der Waals surface area contributed by atoms with Crippen LogP contribution in [0.3, 0.4) is 0 Å². The molecule has 1 heterocycles. The van der Waals surface area contributed by atoms with Gasteiger partial charge in [0.2, 0.25) is 0 Å². The lowest BCUT2D eigenvalue weighted by Gasteiger charge is -2.11. The van der Waals surface area contributed by atoms with Crippen molar-refractivity contribution in [3.63, 3.8) is 0 Å². The molecular weight excluding hydrogens is 250 g/mol. The van der Waals surface area contributed by atoms with Crippen molar-refractivity contribution in [2.75, 3.05) is 0 Å². The predicted octanol–water partition coefficient (Wildman–Crippen LogP) is 2.56. The van der Waals surface area contributed by atoms with E-state index in [2.05, 4.69) is 0 Å². The van der Waals surface area contributed by atoms with Crippen LogP contribution in [0.4, 0.5) is 0 Å². The standard InChI is InChI=1S/C13H15NO3S/c1-2-9(7-12(15)16)8-14-13(17)10-5-3-4-6-11(10)18-14/h3-6,9H,2,7-8H2,1H3,(H,15,16). The Morgan fingerprint density at radius 3 is 2.78 bits per heavy atom. The first-order valence-corrected chi connectivity index (χ1v) is 6.69. The number of aliphatic carboxylic acids is 1. The Morgan fingerprint density at radius 1 is 1.44 bits per heavy atom. The normalized spacial score (nSPS) is 12.7. The maximum absolute atomic E-state index is 12.1. The summed E-state index contributed by atoms with van der Waals surface area (Å²) in [5.41, 5.74) is -0.0144. The molecular formula is C13H15NO3S. The second kappa shape index (κ2) is 5.35. The highest BCUT2D eigenvalue weighted by Gasteiger charge is 2.15. The van der Waals surface area contributed by atoms with E-state index in [-0.39, 0.29) is 17.9 Å². The van der Waals surface area contributed by atoms with Crippen LogP contribution in [-0.2, 0) is 11.3 Å². The van der Waals surface area contributed by atoms with Gasteiger partial charge in [0.1, 0.15) is 0 Å². The van der Waals surface area contributed by atoms with E-state index in [4.69, 9.17) is 5.11 Å². The third-order valence-corrected chi connectivity index (χ3v) is 4.11. The Hall–Kier alpha value is -1.62. The first-order chi connectivity index (χ1) is 8.61. The second-order valence-electron chi connectivity index (χ2n) is 4.33. The molecule has 0 aliphatic heterocycles. The van der Waals surface area contributed by atoms with Crippen LogP contribution in [0.2, 0.25) is 0 Å². The van der Waals surface area contributed by atoms with Crippen LogP contribution in [0.5, 0.6) is 0 Å². The van der Waals surface area contributed by atoms with Crippen molar-refractivity contribution in [3.8, 4) is 0 Å². The highest BCUT2D eigenvalue weighted by molar-refractivity contribution is 7.13. The minimum Gasteiger partial charge on any atom is -0.481 e. The van der Waals surface area contributed by atoms with Crippen LogP contribution in [-0.4, -0.2) is 15.0 Å². The van der Waals surface area contributed by atoms with Gasteiger partial charge in [0, 0.05) is 13.0 Å². The van der Waals surface area contributed by atoms with Gasteiger partial charge in [-0.1, -0.05) is 37.0 Å². The molecule has 0 aliphatic rings. The number of rotatable bonds is 5. The Balaban J connectivity index is 2.28. The van der Waals surface area contributed by atoms with E-state index in [1.54, 1.807) is 3.96 Å². The molecule has 1 atom stereocenters. The van der Waals surface area contributed by atoms with E-state index in [0.717, 1.165) is 11.1 Å². The van der Waals surface area contributed by atoms with Crippen LogP contribution in [0, 0.1) is 5.92 Å². The molecule has 1 unspecified atom stereocenters. The first kappa shape index (κ1) is 12.8. The number of hydrogen-bond donors (Lipinski definition) is 1. The van der Waals surface area contributed by atoms with Gasteiger partial charge in [0.15, 0.2) is 0 Å². The van der Waals surface area contributed by atoms with Crippen LogP contribution in [0.1, 0.15) is 19.8 Å². The molecule has 18 heavy (non-hydrogen) atoms. The predicted molar refractivity (Wildman–Crippen MR) is 72.1 cm³/mol. The molecule has 0 fully saturated rings. The summed E-state index contributed by atoms with van der Waals surface area (Å²) < 4.78 is 2.62. The summed E-state index contributed by atoms with van der Waals surface area (Å²) in [5.74, 6) is -0.802. The van der Waals surface area contributed by atoms with E-state index >= 15 is 0 Å². The smallest absolute Gasteiger partial charge is 0.303 e. The van der Waals surface area contributed by atoms with E-state index < -0.39 is 5.97 Å². The van der Waals surface area contributed by atoms with Gasteiger partial charge in [-0.05, 0) is 18.1 Å². The highest BCUT2D eigenvalue weighted by atomic mass is 32.1. The van der Waals surface area contributed by atoms with E-state index in [9.17, 15) is 9.59 Å². The summed E-state index contributed by atoms with van der Waals surface area (Å²) >= 11 is 1.41. The summed E-state index contributed by atoms with van der Waals surface area (Å²) in [4.78, 5) is 22.8. The van der Waals surface area contributed by atoms with E-state index in [0.29, 0.717) is 11.9 Å². The zero-order valence-electron chi connectivity index (χ0n) is 10.1. The second-order valence-corrected chi connectivity index (χ2v) is 5.39. The molecule has 1 aromatic heterocycles. The van der Waals surface area contributed by atoms with Gasteiger partial charge < -0.3 is 5.11 Å². The Bertz CT molecular complexity index is 614. The van der Waals surface area contributed by atoms with Crippen molar-refractivity contribution in [2.24, 2.45) is 5.92 Å². The molecule has 2 rings (SSSR count). The minimum atomic E-state index is -0.809. The third kappa shape index (κ3) is 2.61. The molecule has 0 radical (unpaired) electrons. The molecule has 0 saturated heterocycles. The zero-order valence-corrected chi connectivity index (χ0v) is 10.9. The highest BCUT2D eigenvalue weighted by Crippen LogP contribution is 2.19. The van der Waals surface area contributed by atoms with Crippen molar-refractivity contribution in [1.82, 2.24) is 3.96 Å². The van der Waals surface area contributed by atoms with Gasteiger partial charge in [-0.3, -0.25) is 13.5 Å². The third-order valence-electron chi connectivity index (χ3n) is 3.02. The SMILES string of the molecule is CCC(CC(=O)O)Cn1sc2ccccc2c1=O. The van der Waals surface area contributed by atoms with E-state index in [1.807, 2.05) is 31.2 Å². The quantitative estimate of drug-likeness (QED) is 0.903. The van der Waals surface area contributed by atoms with Gasteiger partial charge in [0.25, 0.3) is 5.56 Å². The number of benzene rings is 1. The Morgan fingerprint density at radius 2 is 2.17 bits per heavy atom. The molecule has 4 nitrogen and oxygen atoms in total. The molecule has 0 saturated carbocycles. The number of carboxylic acids is 1. The lowest BCUT2D eigenvalue weighted by molar-refractivity contribution is -0.138. The number of aromatic nitrogens is 1. The topological polar surface area (TPSA) is 59.3 Å². The molecule has 0 spiro atoms. The van der Waals surface area contributed by atoms with Gasteiger partial charge in [-0.2, -0.15) is 0 Å². The minimum absolute atomic E-state index is 0.00765. The monoisotopic (exact) mass is 265 g/mol. The number of carbonyl (C=O) groups is 1. The Labute approximate surface area is 109 Å². The van der Waals surface area contributed by atoms with Crippen LogP contribution in [0.25, 0.3) is 10.1 Å². The maximum Gasteiger partial charge on any atom is 0.303 e. The Kier molecular flexibility index (Phi) is 3.81. The number of nitrogens with zero attached hydrogens (tertiary/aromatic N) is 1. The van der Waals surface area contributed by atoms with Crippen molar-refractivity contribution in [3.05, 3.63) is 34.6 Å². The van der Waals surface area contributed by atoms with Crippen molar-refractivity contribution in [1.29, 1.82) is 0 Å². The first-order valence-electron chi connectivity index (χ1n) is 5.92. The summed E-state index contributed by atoms with van der Waals surface area (Å²) in [5, 5.41) is 9.53. The van der Waals surface area contributed by atoms with Gasteiger partial charge in [0.05, 0.1) is 10.1 Å². The maximum atomic E-state index is 12.1. The summed E-state index contributed by atoms with van der Waals surface area (Å²) in [6, 6.07) is 7.46. The van der Waals surface area contributed by atoms with Crippen LogP contribution < -0.4 is 5.56 Å². The molecule has 2 aromatic rings. The fraction of sp³-hybridized carbons (Fsp3) is 0.385. The molecule has 5 heteroatoms. The molecule has 0 amide bonds. The van der Waals surface area contributed by atoms with Crippen LogP contribution >= 0.6 is 11.5 Å². The van der Waals surface area contributed by atoms with Crippen molar-refractivity contribution < 1.29 is 9.90 Å². The summed E-state index contributed by atoms with van der Waals surface area (Å²) in [6.45, 7) is 2.44. The molecule has 0 bridgehead atoms. The summed E-state index contributed by atoms with van der Waals surface area (Å²) in [7, 11) is 0. The zero-order chi connectivity index (χ0) is 13.1. The molecule has 96 valence electrons. The number of fused-ring (bicyclic) bond motifs is 1.